The van der Waals surface area contributed by atoms with Crippen LogP contribution in [0.4, 0.5) is 5.69 Å². The Morgan fingerprint density at radius 2 is 1.72 bits per heavy atom. The number of nitrogens with two attached hydrogens (primary N) is 1. The fourth-order valence-electron chi connectivity index (χ4n) is 1.93. The lowest BCUT2D eigenvalue weighted by Crippen LogP contribution is -2.03. The molecule has 0 amide bonds. The number of non-ortho nitro benzene ring substituents is 1. The summed E-state index contributed by atoms with van der Waals surface area (Å²) in [4.78, 5) is 10.2. The fraction of sp³-hybridized carbons (Fsp3) is 0. The number of hydrogen-bond donors (Lipinski definition) is 1. The monoisotopic (exact) mass is 331 g/mol. The molecule has 0 saturated heterocycles. The minimum absolute atomic E-state index is 0.0411. The van der Waals surface area contributed by atoms with Crippen molar-refractivity contribution in [3.05, 3.63) is 69.1 Å². The van der Waals surface area contributed by atoms with Crippen molar-refractivity contribution < 1.29 is 9.34 Å². The molecule has 1 heterocycles. The number of hydrogen-bond acceptors (Lipinski definition) is 7. The van der Waals surface area contributed by atoms with Crippen molar-refractivity contribution in [2.75, 3.05) is 0 Å². The molecule has 0 bridgehead atoms. The maximum atomic E-state index is 10.7. The van der Waals surface area contributed by atoms with Gasteiger partial charge in [0.15, 0.2) is 5.57 Å². The molecular weight excluding hydrogens is 322 g/mol. The predicted molar refractivity (Wildman–Crippen MR) is 86.8 cm³/mol. The molecule has 25 heavy (non-hydrogen) atoms. The third-order valence-electron chi connectivity index (χ3n) is 3.18. The van der Waals surface area contributed by atoms with Gasteiger partial charge >= 0.3 is 0 Å². The van der Waals surface area contributed by atoms with E-state index in [4.69, 9.17) is 25.9 Å². The third-order valence-corrected chi connectivity index (χ3v) is 3.18. The molecule has 8 heteroatoms. The van der Waals surface area contributed by atoms with E-state index in [1.54, 1.807) is 24.3 Å². The van der Waals surface area contributed by atoms with E-state index in [0.717, 1.165) is 0 Å². The van der Waals surface area contributed by atoms with E-state index in [-0.39, 0.29) is 28.3 Å². The Labute approximate surface area is 142 Å². The van der Waals surface area contributed by atoms with Crippen molar-refractivity contribution in [2.45, 2.75) is 0 Å². The van der Waals surface area contributed by atoms with Crippen molar-refractivity contribution in [3.63, 3.8) is 0 Å². The molecule has 1 aromatic heterocycles. The van der Waals surface area contributed by atoms with Crippen LogP contribution in [0.5, 0.6) is 0 Å². The zero-order chi connectivity index (χ0) is 18.4. The van der Waals surface area contributed by atoms with Crippen LogP contribution < -0.4 is 5.73 Å². The highest BCUT2D eigenvalue weighted by molar-refractivity contribution is 5.66. The van der Waals surface area contributed by atoms with Gasteiger partial charge in [0.05, 0.1) is 16.2 Å². The van der Waals surface area contributed by atoms with E-state index < -0.39 is 4.92 Å². The Bertz CT molecular complexity index is 992. The number of nitrogens with zero attached hydrogens (tertiary/aromatic N) is 4. The highest BCUT2D eigenvalue weighted by Gasteiger charge is 2.11. The first kappa shape index (κ1) is 17.0. The van der Waals surface area contributed by atoms with Crippen LogP contribution in [0.15, 0.2) is 57.7 Å². The number of nitro benzene ring substituents is 1. The number of benzene rings is 1. The Morgan fingerprint density at radius 1 is 1.08 bits per heavy atom. The maximum Gasteiger partial charge on any atom is 0.269 e. The van der Waals surface area contributed by atoms with Gasteiger partial charge in [-0.25, -0.2) is 0 Å². The molecule has 0 spiro atoms. The normalized spacial score (nSPS) is 10.2. The lowest BCUT2D eigenvalue weighted by atomic mass is 10.1. The minimum Gasteiger partial charge on any atom is -0.457 e. The zero-order valence-corrected chi connectivity index (χ0v) is 12.6. The summed E-state index contributed by atoms with van der Waals surface area (Å²) in [6, 6.07) is 14.0. The van der Waals surface area contributed by atoms with Gasteiger partial charge in [0.2, 0.25) is 0 Å². The van der Waals surface area contributed by atoms with Gasteiger partial charge in [-0.15, -0.1) is 0 Å². The number of nitro groups is 1. The highest BCUT2D eigenvalue weighted by atomic mass is 16.6. The maximum absolute atomic E-state index is 10.7. The van der Waals surface area contributed by atoms with E-state index in [1.165, 1.54) is 30.3 Å². The largest absolute Gasteiger partial charge is 0.457 e. The molecule has 2 aromatic rings. The summed E-state index contributed by atoms with van der Waals surface area (Å²) < 4.78 is 5.56. The average molecular weight is 331 g/mol. The standard InChI is InChI=1S/C17H9N5O3/c18-8-12(17(21)13(9-19)10-20)7-15-5-6-16(25-15)11-1-3-14(4-2-11)22(23)24/h1-7H,21H2. The molecule has 0 aliphatic carbocycles. The summed E-state index contributed by atoms with van der Waals surface area (Å²) in [7, 11) is 0. The summed E-state index contributed by atoms with van der Waals surface area (Å²) in [5, 5.41) is 37.4. The summed E-state index contributed by atoms with van der Waals surface area (Å²) in [6.07, 6.45) is 1.30. The van der Waals surface area contributed by atoms with E-state index in [2.05, 4.69) is 0 Å². The molecule has 1 aromatic carbocycles. The number of nitriles is 3. The van der Waals surface area contributed by atoms with Gasteiger partial charge in [0, 0.05) is 23.8 Å². The zero-order valence-electron chi connectivity index (χ0n) is 12.6. The fourth-order valence-corrected chi connectivity index (χ4v) is 1.93. The average Bonchev–Trinajstić information content (AvgIpc) is 3.09. The first-order valence-corrected chi connectivity index (χ1v) is 6.77. The molecular formula is C17H9N5O3. The smallest absolute Gasteiger partial charge is 0.269 e. The van der Waals surface area contributed by atoms with Gasteiger partial charge in [0.25, 0.3) is 5.69 Å². The molecule has 0 atom stereocenters. The summed E-state index contributed by atoms with van der Waals surface area (Å²) in [6.45, 7) is 0. The van der Waals surface area contributed by atoms with Gasteiger partial charge in [-0.2, -0.15) is 15.8 Å². The summed E-state index contributed by atoms with van der Waals surface area (Å²) >= 11 is 0. The lowest BCUT2D eigenvalue weighted by molar-refractivity contribution is -0.384. The van der Waals surface area contributed by atoms with Gasteiger partial charge in [-0.05, 0) is 24.3 Å². The quantitative estimate of drug-likeness (QED) is 0.391. The van der Waals surface area contributed by atoms with Crippen LogP contribution in [-0.2, 0) is 0 Å². The molecule has 0 radical (unpaired) electrons. The molecule has 2 rings (SSSR count). The van der Waals surface area contributed by atoms with Crippen LogP contribution in [0.3, 0.4) is 0 Å². The molecule has 2 N–H and O–H groups in total. The number of rotatable bonds is 4. The number of allylic oxidation sites excluding steroid dienone is 2. The second kappa shape index (κ2) is 7.28. The van der Waals surface area contributed by atoms with Gasteiger partial charge < -0.3 is 10.2 Å². The van der Waals surface area contributed by atoms with Crippen molar-refractivity contribution in [1.29, 1.82) is 15.8 Å². The van der Waals surface area contributed by atoms with Crippen LogP contribution >= 0.6 is 0 Å². The Hall–Kier alpha value is -4.35. The van der Waals surface area contributed by atoms with Crippen molar-refractivity contribution >= 4 is 11.8 Å². The molecule has 0 aliphatic rings. The SMILES string of the molecule is N#CC(=Cc1ccc(-c2ccc([N+](=O)[O-])cc2)o1)C(N)=C(C#N)C#N. The molecule has 0 saturated carbocycles. The molecule has 8 nitrogen and oxygen atoms in total. The van der Waals surface area contributed by atoms with Crippen LogP contribution in [0.1, 0.15) is 5.76 Å². The molecule has 120 valence electrons. The predicted octanol–water partition coefficient (Wildman–Crippen LogP) is 3.02. The van der Waals surface area contributed by atoms with Crippen LogP contribution in [-0.4, -0.2) is 4.92 Å². The minimum atomic E-state index is -0.504. The van der Waals surface area contributed by atoms with Crippen LogP contribution in [0, 0.1) is 44.1 Å². The molecule has 0 aliphatic heterocycles. The Morgan fingerprint density at radius 3 is 2.24 bits per heavy atom. The van der Waals surface area contributed by atoms with E-state index in [0.29, 0.717) is 11.3 Å². The molecule has 0 fully saturated rings. The second-order valence-corrected chi connectivity index (χ2v) is 4.69. The van der Waals surface area contributed by atoms with Crippen molar-refractivity contribution in [2.24, 2.45) is 5.73 Å². The topological polar surface area (TPSA) is 154 Å². The number of furan rings is 1. The highest BCUT2D eigenvalue weighted by Crippen LogP contribution is 2.26. The summed E-state index contributed by atoms with van der Waals surface area (Å²) in [5.74, 6) is 0.713. The Kier molecular flexibility index (Phi) is 4.95. The second-order valence-electron chi connectivity index (χ2n) is 4.69. The van der Waals surface area contributed by atoms with E-state index in [9.17, 15) is 10.1 Å². The van der Waals surface area contributed by atoms with E-state index in [1.807, 2.05) is 6.07 Å². The van der Waals surface area contributed by atoms with Gasteiger partial charge in [0.1, 0.15) is 29.7 Å². The van der Waals surface area contributed by atoms with Crippen molar-refractivity contribution in [1.82, 2.24) is 0 Å². The molecule has 0 unspecified atom stereocenters. The Balaban J connectivity index is 2.37. The van der Waals surface area contributed by atoms with Gasteiger partial charge in [-0.1, -0.05) is 0 Å². The summed E-state index contributed by atoms with van der Waals surface area (Å²) in [5.41, 5.74) is 5.53. The van der Waals surface area contributed by atoms with Crippen LogP contribution in [0.25, 0.3) is 17.4 Å². The van der Waals surface area contributed by atoms with Crippen molar-refractivity contribution in [3.8, 4) is 29.5 Å². The van der Waals surface area contributed by atoms with Gasteiger partial charge in [-0.3, -0.25) is 10.1 Å². The van der Waals surface area contributed by atoms with E-state index >= 15 is 0 Å². The van der Waals surface area contributed by atoms with Crippen LogP contribution in [0.2, 0.25) is 0 Å². The third kappa shape index (κ3) is 3.70. The first-order valence-electron chi connectivity index (χ1n) is 6.77. The lowest BCUT2D eigenvalue weighted by Gasteiger charge is -1.98. The first-order chi connectivity index (χ1) is 12.0.